The molecule has 0 radical (unpaired) electrons. The van der Waals surface area contributed by atoms with E-state index in [0.717, 1.165) is 50.2 Å². The van der Waals surface area contributed by atoms with Crippen LogP contribution in [0, 0.1) is 0 Å². The van der Waals surface area contributed by atoms with Crippen LogP contribution in [0.1, 0.15) is 25.0 Å². The Labute approximate surface area is 524 Å². The van der Waals surface area contributed by atoms with Crippen LogP contribution in [-0.4, -0.2) is 27.6 Å². The van der Waals surface area contributed by atoms with E-state index in [1.165, 1.54) is 98.5 Å². The number of rotatable bonds is 9. The van der Waals surface area contributed by atoms with Crippen molar-refractivity contribution in [3.05, 3.63) is 321 Å². The Morgan fingerprint density at radius 1 is 0.311 bits per heavy atom. The topological polar surface area (TPSA) is 46.8 Å². The first-order valence-corrected chi connectivity index (χ1v) is 33.1. The van der Waals surface area contributed by atoms with Gasteiger partial charge in [0, 0.05) is 44.4 Å². The normalized spacial score (nSPS) is 13.4. The molecule has 0 unspecified atom stereocenters. The standard InChI is InChI=1S/C84H57N5Si/c1-84(2)71-32-18-15-31-69(71)79-72(84)48-50-74-80(79)70-51-60(40-49-73(70)89(74)83-86-81(58-25-11-5-12-26-58)85-82(87-83)59-27-13-6-14-28-59)61-39-46-67-68-47-45-64(53-78(68)90(77(67)52-61)75-33-19-16-29-65(75)66-30-17-20-34-76(66)90)88(62-41-35-56(36-42-62)54-21-7-3-8-22-54)63-43-37-57(38-44-63)55-23-9-4-10-24-55/h3-53H,1-2H3. The fraction of sp³-hybridized carbons (Fsp3) is 0.0357. The summed E-state index contributed by atoms with van der Waals surface area (Å²) in [7, 11) is -3.03. The molecule has 0 atom stereocenters. The number of nitrogens with zero attached hydrogens (tertiary/aromatic N) is 5. The van der Waals surface area contributed by atoms with E-state index in [1.54, 1.807) is 0 Å². The zero-order chi connectivity index (χ0) is 59.7. The van der Waals surface area contributed by atoms with Crippen LogP contribution >= 0.6 is 0 Å². The molecule has 5 nitrogen and oxygen atoms in total. The Morgan fingerprint density at radius 3 is 1.31 bits per heavy atom. The second kappa shape index (κ2) is 20.1. The molecule has 422 valence electrons. The van der Waals surface area contributed by atoms with Crippen molar-refractivity contribution in [2.75, 3.05) is 4.90 Å². The van der Waals surface area contributed by atoms with Gasteiger partial charge in [-0.2, -0.15) is 9.97 Å². The number of fused-ring (bicyclic) bond motifs is 17. The fourth-order valence-electron chi connectivity index (χ4n) is 15.4. The first kappa shape index (κ1) is 51.9. The second-order valence-electron chi connectivity index (χ2n) is 24.6. The van der Waals surface area contributed by atoms with Crippen LogP contribution in [0.3, 0.4) is 0 Å². The molecule has 0 saturated heterocycles. The highest BCUT2D eigenvalue weighted by molar-refractivity contribution is 7.24. The third kappa shape index (κ3) is 7.78. The van der Waals surface area contributed by atoms with Gasteiger partial charge in [0.15, 0.2) is 19.7 Å². The van der Waals surface area contributed by atoms with Crippen molar-refractivity contribution in [3.8, 4) is 95.5 Å². The molecule has 6 heteroatoms. The van der Waals surface area contributed by atoms with Crippen molar-refractivity contribution in [2.24, 2.45) is 0 Å². The van der Waals surface area contributed by atoms with Gasteiger partial charge in [0.1, 0.15) is 0 Å². The minimum absolute atomic E-state index is 0.209. The first-order valence-electron chi connectivity index (χ1n) is 31.1. The summed E-state index contributed by atoms with van der Waals surface area (Å²) in [5, 5.41) is 8.05. The second-order valence-corrected chi connectivity index (χ2v) is 28.3. The Hall–Kier alpha value is -11.3. The molecule has 1 spiro atoms. The lowest BCUT2D eigenvalue weighted by molar-refractivity contribution is 0.661. The van der Waals surface area contributed by atoms with Crippen molar-refractivity contribution in [1.82, 2.24) is 19.5 Å². The van der Waals surface area contributed by atoms with Crippen LogP contribution in [0.25, 0.3) is 117 Å². The highest BCUT2D eigenvalue weighted by Gasteiger charge is 2.54. The maximum Gasteiger partial charge on any atom is 0.238 e. The van der Waals surface area contributed by atoms with E-state index < -0.39 is 8.07 Å². The van der Waals surface area contributed by atoms with Gasteiger partial charge in [-0.05, 0) is 153 Å². The van der Waals surface area contributed by atoms with Gasteiger partial charge in [0.25, 0.3) is 0 Å². The number of hydrogen-bond donors (Lipinski definition) is 0. The summed E-state index contributed by atoms with van der Waals surface area (Å²) in [6.45, 7) is 4.74. The van der Waals surface area contributed by atoms with Crippen LogP contribution < -0.4 is 25.6 Å². The fourth-order valence-corrected chi connectivity index (χ4v) is 21.0. The SMILES string of the molecule is CC1(C)c2ccccc2-c2c1ccc1c2c2cc(-c3ccc4c(c3)[Si]3(c5ccccc5-c5ccccc53)c3cc(N(c5ccc(-c6ccccc6)cc5)c5ccc(-c6ccccc6)cc5)ccc3-4)ccc2n1-c1nc(-c2ccccc2)nc(-c2ccccc2)n1. The van der Waals surface area contributed by atoms with Gasteiger partial charge in [-0.15, -0.1) is 0 Å². The van der Waals surface area contributed by atoms with Crippen molar-refractivity contribution >= 4 is 67.7 Å². The molecule has 2 aromatic heterocycles. The van der Waals surface area contributed by atoms with Gasteiger partial charge < -0.3 is 4.90 Å². The van der Waals surface area contributed by atoms with E-state index in [9.17, 15) is 0 Å². The number of hydrogen-bond acceptors (Lipinski definition) is 4. The molecular formula is C84H57N5Si. The average Bonchev–Trinajstić information content (AvgIpc) is 1.52. The Balaban J connectivity index is 0.846. The molecule has 2 aliphatic heterocycles. The predicted octanol–water partition coefficient (Wildman–Crippen LogP) is 18.4. The van der Waals surface area contributed by atoms with E-state index in [1.807, 2.05) is 36.4 Å². The summed E-state index contributed by atoms with van der Waals surface area (Å²) in [5.74, 6) is 1.83. The highest BCUT2D eigenvalue weighted by atomic mass is 28.3. The van der Waals surface area contributed by atoms with E-state index in [4.69, 9.17) is 15.0 Å². The van der Waals surface area contributed by atoms with E-state index >= 15 is 0 Å². The van der Waals surface area contributed by atoms with Gasteiger partial charge in [0.05, 0.1) is 11.0 Å². The smallest absolute Gasteiger partial charge is 0.238 e. The molecule has 3 aliphatic rings. The lowest BCUT2D eigenvalue weighted by Gasteiger charge is -2.30. The number of anilines is 3. The third-order valence-electron chi connectivity index (χ3n) is 19.5. The molecule has 0 N–H and O–H groups in total. The summed E-state index contributed by atoms with van der Waals surface area (Å²) in [4.78, 5) is 18.4. The minimum Gasteiger partial charge on any atom is -0.311 e. The molecule has 0 fully saturated rings. The zero-order valence-corrected chi connectivity index (χ0v) is 50.7. The minimum atomic E-state index is -3.03. The summed E-state index contributed by atoms with van der Waals surface area (Å²) >= 11 is 0. The van der Waals surface area contributed by atoms with Crippen molar-refractivity contribution in [1.29, 1.82) is 0 Å². The number of aromatic nitrogens is 4. The molecule has 0 amide bonds. The maximum atomic E-state index is 5.38. The summed E-state index contributed by atoms with van der Waals surface area (Å²) in [6.07, 6.45) is 0. The van der Waals surface area contributed by atoms with Gasteiger partial charge in [-0.1, -0.05) is 269 Å². The lowest BCUT2D eigenvalue weighted by atomic mass is 9.82. The Kier molecular flexibility index (Phi) is 11.6. The van der Waals surface area contributed by atoms with E-state index in [0.29, 0.717) is 17.6 Å². The zero-order valence-electron chi connectivity index (χ0n) is 49.7. The monoisotopic (exact) mass is 1160 g/mol. The Morgan fingerprint density at radius 2 is 0.733 bits per heavy atom. The third-order valence-corrected chi connectivity index (χ3v) is 24.4. The highest BCUT2D eigenvalue weighted by Crippen LogP contribution is 2.54. The summed E-state index contributed by atoms with van der Waals surface area (Å²) in [5.41, 5.74) is 24.6. The molecule has 0 bridgehead atoms. The van der Waals surface area contributed by atoms with E-state index in [-0.39, 0.29) is 5.41 Å². The van der Waals surface area contributed by atoms with Crippen molar-refractivity contribution in [3.63, 3.8) is 0 Å². The summed E-state index contributed by atoms with van der Waals surface area (Å²) < 4.78 is 2.28. The summed E-state index contributed by atoms with van der Waals surface area (Å²) in [6, 6.07) is 114. The Bertz CT molecular complexity index is 5180. The van der Waals surface area contributed by atoms with Gasteiger partial charge >= 0.3 is 0 Å². The van der Waals surface area contributed by atoms with Crippen LogP contribution in [0.5, 0.6) is 0 Å². The molecule has 4 heterocycles. The van der Waals surface area contributed by atoms with E-state index in [2.05, 4.69) is 296 Å². The molecule has 13 aromatic carbocycles. The van der Waals surface area contributed by atoms with Crippen LogP contribution in [0.2, 0.25) is 0 Å². The van der Waals surface area contributed by atoms with Gasteiger partial charge in [-0.3, -0.25) is 4.57 Å². The maximum absolute atomic E-state index is 5.38. The molecule has 15 aromatic rings. The van der Waals surface area contributed by atoms with Crippen LogP contribution in [0.4, 0.5) is 17.1 Å². The van der Waals surface area contributed by atoms with Crippen molar-refractivity contribution < 1.29 is 0 Å². The molecule has 1 aliphatic carbocycles. The van der Waals surface area contributed by atoms with Crippen molar-refractivity contribution in [2.45, 2.75) is 19.3 Å². The molecular weight excluding hydrogens is 1110 g/mol. The largest absolute Gasteiger partial charge is 0.311 e. The van der Waals surface area contributed by atoms with Crippen LogP contribution in [-0.2, 0) is 5.41 Å². The van der Waals surface area contributed by atoms with Gasteiger partial charge in [0.2, 0.25) is 5.95 Å². The first-order chi connectivity index (χ1) is 44.4. The quantitative estimate of drug-likeness (QED) is 0.135. The predicted molar refractivity (Wildman–Crippen MR) is 375 cm³/mol. The number of benzene rings is 13. The molecule has 0 saturated carbocycles. The molecule has 90 heavy (non-hydrogen) atoms. The van der Waals surface area contributed by atoms with Gasteiger partial charge in [-0.25, -0.2) is 4.98 Å². The molecule has 18 rings (SSSR count). The lowest BCUT2D eigenvalue weighted by Crippen LogP contribution is -2.70. The average molecular weight is 1160 g/mol. The van der Waals surface area contributed by atoms with Crippen LogP contribution in [0.15, 0.2) is 309 Å².